The molecule has 0 aliphatic heterocycles. The van der Waals surface area contributed by atoms with Gasteiger partial charge in [0.15, 0.2) is 18.1 Å². The Hall–Kier alpha value is -3.85. The lowest BCUT2D eigenvalue weighted by Gasteiger charge is -2.23. The van der Waals surface area contributed by atoms with Crippen LogP contribution < -0.4 is 14.6 Å². The maximum absolute atomic E-state index is 11.9. The average Bonchev–Trinajstić information content (AvgIpc) is 2.76. The number of allylic oxidation sites excluding steroid dienone is 1. The van der Waals surface area contributed by atoms with E-state index in [2.05, 4.69) is 0 Å². The van der Waals surface area contributed by atoms with Gasteiger partial charge in [-0.15, -0.1) is 0 Å². The lowest BCUT2D eigenvalue weighted by molar-refractivity contribution is -0.254. The van der Waals surface area contributed by atoms with Crippen LogP contribution in [0.3, 0.4) is 0 Å². The van der Waals surface area contributed by atoms with Crippen molar-refractivity contribution in [2.75, 3.05) is 13.7 Å². The number of carboxylic acid groups (broad SMARTS) is 1. The molecule has 2 aromatic carbocycles. The van der Waals surface area contributed by atoms with E-state index >= 15 is 0 Å². The Bertz CT molecular complexity index is 1210. The predicted octanol–water partition coefficient (Wildman–Crippen LogP) is 3.39. The van der Waals surface area contributed by atoms with E-state index in [1.54, 1.807) is 19.2 Å². The number of aromatic carboxylic acids is 1. The maximum atomic E-state index is 11.9. The fraction of sp³-hybridized carbons (Fsp3) is 0.208. The number of methoxy groups -OCH3 is 1. The van der Waals surface area contributed by atoms with Crippen molar-refractivity contribution >= 4 is 28.5 Å². The third-order valence-corrected chi connectivity index (χ3v) is 5.20. The van der Waals surface area contributed by atoms with Gasteiger partial charge < -0.3 is 19.4 Å². The summed E-state index contributed by atoms with van der Waals surface area (Å²) >= 11 is 0. The Labute approximate surface area is 174 Å². The molecular formula is C24H19N2O4-. The van der Waals surface area contributed by atoms with Gasteiger partial charge >= 0.3 is 0 Å². The van der Waals surface area contributed by atoms with Crippen LogP contribution in [0.15, 0.2) is 42.5 Å². The van der Waals surface area contributed by atoms with Gasteiger partial charge in [-0.1, -0.05) is 24.3 Å². The molecule has 1 aliphatic rings. The molecule has 1 aromatic heterocycles. The molecule has 30 heavy (non-hydrogen) atoms. The number of benzene rings is 2. The molecule has 0 atom stereocenters. The van der Waals surface area contributed by atoms with E-state index in [1.807, 2.05) is 42.5 Å². The Morgan fingerprint density at radius 1 is 1.23 bits per heavy atom. The molecule has 4 rings (SSSR count). The van der Waals surface area contributed by atoms with Gasteiger partial charge in [0, 0.05) is 10.9 Å². The summed E-state index contributed by atoms with van der Waals surface area (Å²) in [6.07, 6.45) is 4.27. The minimum absolute atomic E-state index is 0.0623. The number of ether oxygens (including phenoxy) is 2. The number of para-hydroxylation sites is 1. The van der Waals surface area contributed by atoms with Crippen LogP contribution in [-0.4, -0.2) is 24.7 Å². The van der Waals surface area contributed by atoms with E-state index in [0.717, 1.165) is 29.5 Å². The molecular weight excluding hydrogens is 380 g/mol. The fourth-order valence-electron chi connectivity index (χ4n) is 3.91. The van der Waals surface area contributed by atoms with Crippen molar-refractivity contribution in [2.24, 2.45) is 0 Å². The Kier molecular flexibility index (Phi) is 5.36. The minimum Gasteiger partial charge on any atom is -0.545 e. The first kappa shape index (κ1) is 19.5. The summed E-state index contributed by atoms with van der Waals surface area (Å²) in [5.74, 6) is -0.155. The lowest BCUT2D eigenvalue weighted by atomic mass is 9.86. The van der Waals surface area contributed by atoms with E-state index in [0.29, 0.717) is 34.5 Å². The minimum atomic E-state index is -1.17. The summed E-state index contributed by atoms with van der Waals surface area (Å²) in [6.45, 7) is -0.0623. The largest absolute Gasteiger partial charge is 0.545 e. The van der Waals surface area contributed by atoms with Crippen molar-refractivity contribution in [1.29, 1.82) is 5.26 Å². The average molecular weight is 399 g/mol. The second-order valence-electron chi connectivity index (χ2n) is 7.00. The summed E-state index contributed by atoms with van der Waals surface area (Å²) in [7, 11) is 1.54. The second-order valence-corrected chi connectivity index (χ2v) is 7.00. The zero-order valence-corrected chi connectivity index (χ0v) is 16.5. The number of carbonyl (C=O) groups is 1. The topological polar surface area (TPSA) is 95.3 Å². The van der Waals surface area contributed by atoms with Gasteiger partial charge in [0.25, 0.3) is 0 Å². The predicted molar refractivity (Wildman–Crippen MR) is 111 cm³/mol. The number of aromatic nitrogens is 1. The zero-order valence-electron chi connectivity index (χ0n) is 16.5. The van der Waals surface area contributed by atoms with Crippen LogP contribution in [0, 0.1) is 11.3 Å². The van der Waals surface area contributed by atoms with E-state index < -0.39 is 5.97 Å². The number of carbonyl (C=O) groups excluding carboxylic acids is 1. The van der Waals surface area contributed by atoms with Gasteiger partial charge in [-0.3, -0.25) is 0 Å². The smallest absolute Gasteiger partial charge is 0.174 e. The lowest BCUT2D eigenvalue weighted by Crippen LogP contribution is -2.26. The molecule has 0 N–H and O–H groups in total. The summed E-state index contributed by atoms with van der Waals surface area (Å²) in [5, 5.41) is 21.3. The third-order valence-electron chi connectivity index (χ3n) is 5.20. The molecule has 1 heterocycles. The Morgan fingerprint density at radius 3 is 2.83 bits per heavy atom. The van der Waals surface area contributed by atoms with Crippen LogP contribution in [0.2, 0.25) is 0 Å². The van der Waals surface area contributed by atoms with Crippen LogP contribution in [0.4, 0.5) is 0 Å². The molecule has 0 spiro atoms. The molecule has 0 bridgehead atoms. The first-order valence-electron chi connectivity index (χ1n) is 9.64. The van der Waals surface area contributed by atoms with Crippen molar-refractivity contribution in [3.63, 3.8) is 0 Å². The van der Waals surface area contributed by atoms with Gasteiger partial charge in [0.1, 0.15) is 6.07 Å². The number of rotatable bonds is 5. The number of pyridine rings is 1. The monoisotopic (exact) mass is 399 g/mol. The van der Waals surface area contributed by atoms with E-state index in [1.165, 1.54) is 0 Å². The highest BCUT2D eigenvalue weighted by atomic mass is 16.5. The molecule has 0 saturated carbocycles. The van der Waals surface area contributed by atoms with Crippen LogP contribution in [-0.2, 0) is 6.42 Å². The fourth-order valence-corrected chi connectivity index (χ4v) is 3.91. The first-order chi connectivity index (χ1) is 14.6. The molecule has 6 nitrogen and oxygen atoms in total. The number of fused-ring (bicyclic) bond motifs is 2. The van der Waals surface area contributed by atoms with Crippen LogP contribution in [0.5, 0.6) is 11.5 Å². The Morgan fingerprint density at radius 2 is 2.07 bits per heavy atom. The quantitative estimate of drug-likeness (QED) is 0.653. The van der Waals surface area contributed by atoms with Gasteiger partial charge in [-0.2, -0.15) is 5.26 Å². The number of carboxylic acids is 1. The molecule has 0 radical (unpaired) electrons. The summed E-state index contributed by atoms with van der Waals surface area (Å²) in [5.41, 5.74) is 4.16. The molecule has 3 aromatic rings. The van der Waals surface area contributed by atoms with Crippen LogP contribution in [0.1, 0.15) is 40.0 Å². The third kappa shape index (κ3) is 3.58. The summed E-state index contributed by atoms with van der Waals surface area (Å²) < 4.78 is 10.8. The highest BCUT2D eigenvalue weighted by Crippen LogP contribution is 2.37. The van der Waals surface area contributed by atoms with Crippen molar-refractivity contribution in [3.05, 3.63) is 64.8 Å². The van der Waals surface area contributed by atoms with Gasteiger partial charge in [0.05, 0.1) is 24.3 Å². The van der Waals surface area contributed by atoms with Crippen molar-refractivity contribution in [3.8, 4) is 17.6 Å². The molecule has 0 amide bonds. The standard InChI is InChI=1S/C24H20N2O4/c1-29-21-14-15(9-10-20(21)30-12-11-25)13-16-5-4-7-18-22(24(27)28)17-6-2-3-8-19(17)26-23(16)18/h2-3,6,8-10,13-14H,4-5,7,12H2,1H3,(H,27,28)/p-1/b16-13+. The molecule has 150 valence electrons. The zero-order chi connectivity index (χ0) is 21.1. The van der Waals surface area contributed by atoms with Crippen molar-refractivity contribution in [2.45, 2.75) is 19.3 Å². The molecule has 0 unspecified atom stereocenters. The van der Waals surface area contributed by atoms with Gasteiger partial charge in [-0.25, -0.2) is 4.98 Å². The highest BCUT2D eigenvalue weighted by molar-refractivity contribution is 6.05. The summed E-state index contributed by atoms with van der Waals surface area (Å²) in [4.78, 5) is 16.7. The van der Waals surface area contributed by atoms with Gasteiger partial charge in [-0.05, 0) is 60.2 Å². The van der Waals surface area contributed by atoms with E-state index in [9.17, 15) is 9.90 Å². The molecule has 0 saturated heterocycles. The number of hydrogen-bond acceptors (Lipinski definition) is 6. The van der Waals surface area contributed by atoms with Crippen molar-refractivity contribution in [1.82, 2.24) is 4.98 Å². The number of hydrogen-bond donors (Lipinski definition) is 0. The van der Waals surface area contributed by atoms with E-state index in [4.69, 9.17) is 19.7 Å². The maximum Gasteiger partial charge on any atom is 0.174 e. The van der Waals surface area contributed by atoms with Crippen LogP contribution >= 0.6 is 0 Å². The summed E-state index contributed by atoms with van der Waals surface area (Å²) in [6, 6.07) is 14.6. The molecule has 6 heteroatoms. The number of nitrogens with zero attached hydrogens (tertiary/aromatic N) is 2. The van der Waals surface area contributed by atoms with E-state index in [-0.39, 0.29) is 12.2 Å². The van der Waals surface area contributed by atoms with Crippen LogP contribution in [0.25, 0.3) is 22.6 Å². The normalized spacial score (nSPS) is 14.2. The van der Waals surface area contributed by atoms with Crippen molar-refractivity contribution < 1.29 is 19.4 Å². The SMILES string of the molecule is COc1cc(/C=C2\CCCc3c2nc2ccccc2c3C(=O)[O-])ccc1OCC#N. The molecule has 1 aliphatic carbocycles. The second kappa shape index (κ2) is 8.26. The number of nitriles is 1. The highest BCUT2D eigenvalue weighted by Gasteiger charge is 2.22. The Balaban J connectivity index is 1.83. The first-order valence-corrected chi connectivity index (χ1v) is 9.64. The van der Waals surface area contributed by atoms with Gasteiger partial charge in [0.2, 0.25) is 0 Å². The molecule has 0 fully saturated rings.